The third-order valence-electron chi connectivity index (χ3n) is 4.47. The number of phenolic OH excluding ortho intramolecular Hbond substituents is 1. The fourth-order valence-electron chi connectivity index (χ4n) is 2.98. The van der Waals surface area contributed by atoms with Crippen LogP contribution in [-0.2, 0) is 0 Å². The summed E-state index contributed by atoms with van der Waals surface area (Å²) >= 11 is 0. The van der Waals surface area contributed by atoms with Crippen LogP contribution in [0.1, 0.15) is 5.69 Å². The number of phenols is 1. The van der Waals surface area contributed by atoms with E-state index in [1.54, 1.807) is 6.07 Å². The number of amides is 2. The molecule has 4 aromatic rings. The van der Waals surface area contributed by atoms with Gasteiger partial charge in [-0.05, 0) is 36.4 Å². The molecule has 7 nitrogen and oxygen atoms in total. The van der Waals surface area contributed by atoms with Crippen LogP contribution in [0.15, 0.2) is 60.7 Å². The molecule has 3 aromatic carbocycles. The average Bonchev–Trinajstić information content (AvgIpc) is 2.77. The maximum Gasteiger partial charge on any atom is 0.323 e. The predicted molar refractivity (Wildman–Crippen MR) is 114 cm³/mol. The van der Waals surface area contributed by atoms with Crippen LogP contribution in [0.2, 0.25) is 0 Å². The molecule has 0 aliphatic heterocycles. The van der Waals surface area contributed by atoms with Crippen molar-refractivity contribution in [2.24, 2.45) is 0 Å². The number of nitrogens with zero attached hydrogens (tertiary/aromatic N) is 2. The molecule has 0 saturated heterocycles. The van der Waals surface area contributed by atoms with E-state index < -0.39 is 23.5 Å². The molecular formula is C23H13F3N4O3. The maximum atomic E-state index is 14.6. The van der Waals surface area contributed by atoms with E-state index in [1.807, 2.05) is 6.07 Å². The average molecular weight is 450 g/mol. The van der Waals surface area contributed by atoms with Gasteiger partial charge in [0.2, 0.25) is 0 Å². The summed E-state index contributed by atoms with van der Waals surface area (Å²) in [6.45, 7) is 0. The van der Waals surface area contributed by atoms with Crippen molar-refractivity contribution in [1.29, 1.82) is 5.26 Å². The Bertz CT molecular complexity index is 1440. The first-order valence-electron chi connectivity index (χ1n) is 9.37. The molecule has 0 aliphatic rings. The topological polar surface area (TPSA) is 107 Å². The van der Waals surface area contributed by atoms with Crippen molar-refractivity contribution >= 4 is 28.3 Å². The van der Waals surface area contributed by atoms with Gasteiger partial charge in [0.25, 0.3) is 0 Å². The van der Waals surface area contributed by atoms with Gasteiger partial charge in [-0.15, -0.1) is 0 Å². The second kappa shape index (κ2) is 8.76. The van der Waals surface area contributed by atoms with Crippen molar-refractivity contribution in [2.75, 3.05) is 10.6 Å². The van der Waals surface area contributed by atoms with Gasteiger partial charge in [0.1, 0.15) is 46.5 Å². The molecule has 0 fully saturated rings. The number of urea groups is 1. The van der Waals surface area contributed by atoms with Crippen LogP contribution in [-0.4, -0.2) is 16.1 Å². The largest absolute Gasteiger partial charge is 0.508 e. The number of nitrogens with one attached hydrogen (secondary N) is 2. The van der Waals surface area contributed by atoms with Gasteiger partial charge >= 0.3 is 6.03 Å². The number of nitriles is 1. The zero-order valence-corrected chi connectivity index (χ0v) is 16.6. The zero-order valence-electron chi connectivity index (χ0n) is 16.6. The molecule has 3 N–H and O–H groups in total. The van der Waals surface area contributed by atoms with Crippen LogP contribution in [0.4, 0.5) is 29.3 Å². The second-order valence-electron chi connectivity index (χ2n) is 6.77. The number of aromatic nitrogens is 1. The number of anilines is 2. The highest BCUT2D eigenvalue weighted by atomic mass is 19.1. The minimum atomic E-state index is -0.982. The predicted octanol–water partition coefficient (Wildman–Crippen LogP) is 5.67. The molecule has 0 spiro atoms. The number of hydrogen-bond donors (Lipinski definition) is 3. The Morgan fingerprint density at radius 3 is 2.30 bits per heavy atom. The van der Waals surface area contributed by atoms with Gasteiger partial charge in [-0.1, -0.05) is 0 Å². The summed E-state index contributed by atoms with van der Waals surface area (Å²) in [6, 6.07) is 12.8. The summed E-state index contributed by atoms with van der Waals surface area (Å²) in [5, 5.41) is 23.7. The Labute approximate surface area is 184 Å². The van der Waals surface area contributed by atoms with Gasteiger partial charge in [-0.2, -0.15) is 5.26 Å². The van der Waals surface area contributed by atoms with Crippen molar-refractivity contribution in [1.82, 2.24) is 4.98 Å². The number of hydrogen-bond acceptors (Lipinski definition) is 5. The third kappa shape index (κ3) is 4.77. The Morgan fingerprint density at radius 1 is 0.939 bits per heavy atom. The van der Waals surface area contributed by atoms with Crippen molar-refractivity contribution in [2.45, 2.75) is 0 Å². The fraction of sp³-hybridized carbons (Fsp3) is 0. The molecule has 2 amide bonds. The Hall–Kier alpha value is -4.78. The zero-order chi connectivity index (χ0) is 23.5. The summed E-state index contributed by atoms with van der Waals surface area (Å²) in [5.41, 5.74) is -0.151. The van der Waals surface area contributed by atoms with E-state index in [2.05, 4.69) is 15.6 Å². The first-order chi connectivity index (χ1) is 15.8. The molecule has 0 saturated carbocycles. The molecule has 10 heteroatoms. The van der Waals surface area contributed by atoms with Crippen LogP contribution in [0.25, 0.3) is 10.9 Å². The lowest BCUT2D eigenvalue weighted by molar-refractivity contribution is 0.262. The molecule has 1 aromatic heterocycles. The second-order valence-corrected chi connectivity index (χ2v) is 6.77. The number of ether oxygens (including phenoxy) is 1. The van der Waals surface area contributed by atoms with Crippen LogP contribution < -0.4 is 15.4 Å². The molecule has 164 valence electrons. The Kier molecular flexibility index (Phi) is 5.69. The number of pyridine rings is 1. The summed E-state index contributed by atoms with van der Waals surface area (Å²) < 4.78 is 46.9. The van der Waals surface area contributed by atoms with Gasteiger partial charge in [0.05, 0.1) is 16.9 Å². The van der Waals surface area contributed by atoms with Crippen LogP contribution in [0.3, 0.4) is 0 Å². The van der Waals surface area contributed by atoms with Crippen molar-refractivity contribution in [3.63, 3.8) is 0 Å². The van der Waals surface area contributed by atoms with Crippen molar-refractivity contribution in [3.05, 3.63) is 83.8 Å². The highest BCUT2D eigenvalue weighted by Crippen LogP contribution is 2.33. The smallest absolute Gasteiger partial charge is 0.323 e. The minimum absolute atomic E-state index is 0.0338. The lowest BCUT2D eigenvalue weighted by Gasteiger charge is -2.12. The van der Waals surface area contributed by atoms with E-state index >= 15 is 0 Å². The maximum absolute atomic E-state index is 14.6. The molecule has 4 rings (SSSR count). The lowest BCUT2D eigenvalue weighted by atomic mass is 10.1. The fourth-order valence-corrected chi connectivity index (χ4v) is 2.98. The first kappa shape index (κ1) is 21.5. The lowest BCUT2D eigenvalue weighted by Crippen LogP contribution is -2.20. The summed E-state index contributed by atoms with van der Waals surface area (Å²) in [4.78, 5) is 16.1. The standard InChI is InChI=1S/C23H13F3N4O3/c24-12-1-5-19(17(25)7-12)29-23(32)30-20-6-3-15(10-18(20)26)33-22-8-13(11-27)28-21-9-14(31)2-4-16(21)22/h1-10,31H,(H2,29,30,32). The molecule has 1 heterocycles. The van der Waals surface area contributed by atoms with Crippen LogP contribution >= 0.6 is 0 Å². The molecule has 0 radical (unpaired) electrons. The molecule has 0 unspecified atom stereocenters. The van der Waals surface area contributed by atoms with Crippen molar-refractivity contribution < 1.29 is 27.8 Å². The first-order valence-corrected chi connectivity index (χ1v) is 9.37. The minimum Gasteiger partial charge on any atom is -0.508 e. The number of carbonyl (C=O) groups is 1. The monoisotopic (exact) mass is 450 g/mol. The molecular weight excluding hydrogens is 437 g/mol. The van der Waals surface area contributed by atoms with Gasteiger partial charge < -0.3 is 20.5 Å². The Balaban J connectivity index is 1.53. The highest BCUT2D eigenvalue weighted by molar-refractivity contribution is 6.00. The number of carbonyl (C=O) groups excluding carboxylic acids is 1. The van der Waals surface area contributed by atoms with Crippen LogP contribution in [0.5, 0.6) is 17.2 Å². The Morgan fingerprint density at radius 2 is 1.64 bits per heavy atom. The van der Waals surface area contributed by atoms with Gasteiger partial charge in [0, 0.05) is 29.7 Å². The molecule has 33 heavy (non-hydrogen) atoms. The quantitative estimate of drug-likeness (QED) is 0.372. The number of fused-ring (bicyclic) bond motifs is 1. The summed E-state index contributed by atoms with van der Waals surface area (Å²) in [5.74, 6) is -2.41. The number of halogens is 3. The van der Waals surface area contributed by atoms with E-state index in [4.69, 9.17) is 4.74 Å². The van der Waals surface area contributed by atoms with E-state index in [9.17, 15) is 28.3 Å². The third-order valence-corrected chi connectivity index (χ3v) is 4.47. The number of rotatable bonds is 4. The van der Waals surface area contributed by atoms with E-state index in [1.165, 1.54) is 30.3 Å². The number of benzene rings is 3. The van der Waals surface area contributed by atoms with Gasteiger partial charge in [0.15, 0.2) is 0 Å². The van der Waals surface area contributed by atoms with E-state index in [-0.39, 0.29) is 34.3 Å². The molecule has 0 bridgehead atoms. The van der Waals surface area contributed by atoms with Gasteiger partial charge in [-0.25, -0.2) is 22.9 Å². The molecule has 0 aliphatic carbocycles. The van der Waals surface area contributed by atoms with E-state index in [0.29, 0.717) is 17.0 Å². The SMILES string of the molecule is N#Cc1cc(Oc2ccc(NC(=O)Nc3ccc(F)cc3F)c(F)c2)c2ccc(O)cc2n1. The van der Waals surface area contributed by atoms with Gasteiger partial charge in [-0.3, -0.25) is 0 Å². The molecule has 0 atom stereocenters. The van der Waals surface area contributed by atoms with E-state index in [0.717, 1.165) is 18.2 Å². The summed E-state index contributed by atoms with van der Waals surface area (Å²) in [6.07, 6.45) is 0. The highest BCUT2D eigenvalue weighted by Gasteiger charge is 2.13. The van der Waals surface area contributed by atoms with Crippen molar-refractivity contribution in [3.8, 4) is 23.3 Å². The normalized spacial score (nSPS) is 10.5. The van der Waals surface area contributed by atoms with Crippen LogP contribution in [0, 0.1) is 28.8 Å². The summed E-state index contributed by atoms with van der Waals surface area (Å²) in [7, 11) is 0. The number of aromatic hydroxyl groups is 1.